The third-order valence-corrected chi connectivity index (χ3v) is 3.16. The lowest BCUT2D eigenvalue weighted by atomic mass is 10.1. The van der Waals surface area contributed by atoms with Gasteiger partial charge in [0.25, 0.3) is 0 Å². The Labute approximate surface area is 115 Å². The summed E-state index contributed by atoms with van der Waals surface area (Å²) in [6.45, 7) is 4.58. The summed E-state index contributed by atoms with van der Waals surface area (Å²) in [6, 6.07) is 8.74. The van der Waals surface area contributed by atoms with Gasteiger partial charge in [-0.3, -0.25) is 0 Å². The average molecular weight is 310 g/mol. The first-order valence-corrected chi connectivity index (χ1v) is 6.70. The number of rotatable bonds is 5. The lowest BCUT2D eigenvalue weighted by Gasteiger charge is -2.12. The maximum atomic E-state index is 4.92. The zero-order valence-electron chi connectivity index (χ0n) is 10.5. The fourth-order valence-electron chi connectivity index (χ4n) is 1.72. The minimum absolute atomic E-state index is 0.366. The quantitative estimate of drug-likeness (QED) is 0.922. The van der Waals surface area contributed by atoms with Crippen molar-refractivity contribution in [2.45, 2.75) is 32.9 Å². The predicted octanol–water partition coefficient (Wildman–Crippen LogP) is 2.86. The van der Waals surface area contributed by atoms with Gasteiger partial charge in [0, 0.05) is 17.4 Å². The van der Waals surface area contributed by atoms with Crippen LogP contribution in [-0.4, -0.2) is 16.2 Å². The third-order valence-electron chi connectivity index (χ3n) is 2.63. The van der Waals surface area contributed by atoms with Crippen molar-refractivity contribution in [3.8, 4) is 0 Å². The molecule has 0 spiro atoms. The smallest absolute Gasteiger partial charge is 0.223 e. The van der Waals surface area contributed by atoms with Crippen molar-refractivity contribution < 1.29 is 4.52 Å². The summed E-state index contributed by atoms with van der Waals surface area (Å²) in [5.41, 5.74) is 1.31. The molecule has 2 aromatic rings. The Bertz CT molecular complexity index is 495. The molecule has 0 aliphatic heterocycles. The van der Waals surface area contributed by atoms with Crippen LogP contribution in [0, 0.1) is 6.92 Å². The second-order valence-electron chi connectivity index (χ2n) is 4.34. The first-order chi connectivity index (χ1) is 8.63. The van der Waals surface area contributed by atoms with Crippen LogP contribution < -0.4 is 5.32 Å². The molecule has 4 nitrogen and oxygen atoms in total. The molecule has 0 aliphatic carbocycles. The number of hydrogen-bond acceptors (Lipinski definition) is 4. The zero-order valence-corrected chi connectivity index (χ0v) is 12.1. The summed E-state index contributed by atoms with van der Waals surface area (Å²) in [5.74, 6) is 1.31. The molecule has 0 fully saturated rings. The fraction of sp³-hybridized carbons (Fsp3) is 0.385. The maximum Gasteiger partial charge on any atom is 0.223 e. The van der Waals surface area contributed by atoms with Crippen molar-refractivity contribution in [3.63, 3.8) is 0 Å². The van der Waals surface area contributed by atoms with E-state index in [1.54, 1.807) is 6.92 Å². The van der Waals surface area contributed by atoms with Crippen LogP contribution in [0.2, 0.25) is 0 Å². The van der Waals surface area contributed by atoms with Gasteiger partial charge >= 0.3 is 0 Å². The number of nitrogens with one attached hydrogen (secondary N) is 1. The number of aromatic nitrogens is 2. The molecular weight excluding hydrogens is 294 g/mol. The number of hydrogen-bond donors (Lipinski definition) is 1. The number of benzene rings is 1. The molecule has 0 bridgehead atoms. The van der Waals surface area contributed by atoms with Crippen LogP contribution in [-0.2, 0) is 13.0 Å². The van der Waals surface area contributed by atoms with Gasteiger partial charge in [-0.25, -0.2) is 0 Å². The molecule has 1 N–H and O–H groups in total. The largest absolute Gasteiger partial charge is 0.340 e. The van der Waals surface area contributed by atoms with Crippen molar-refractivity contribution in [2.24, 2.45) is 0 Å². The van der Waals surface area contributed by atoms with Gasteiger partial charge in [0.15, 0.2) is 5.82 Å². The van der Waals surface area contributed by atoms with E-state index >= 15 is 0 Å². The SMILES string of the molecule is Cc1nc(CNC(C)Cc2ccc(Br)cc2)no1. The highest BCUT2D eigenvalue weighted by Crippen LogP contribution is 2.12. The van der Waals surface area contributed by atoms with E-state index in [0.717, 1.165) is 10.9 Å². The highest BCUT2D eigenvalue weighted by Gasteiger charge is 2.06. The first kappa shape index (κ1) is 13.2. The molecule has 0 amide bonds. The van der Waals surface area contributed by atoms with E-state index in [1.807, 2.05) is 0 Å². The van der Waals surface area contributed by atoms with Crippen LogP contribution in [0.1, 0.15) is 24.2 Å². The normalized spacial score (nSPS) is 12.6. The predicted molar refractivity (Wildman–Crippen MR) is 73.2 cm³/mol. The number of nitrogens with zero attached hydrogens (tertiary/aromatic N) is 2. The summed E-state index contributed by atoms with van der Waals surface area (Å²) < 4.78 is 6.03. The van der Waals surface area contributed by atoms with Gasteiger partial charge in [-0.1, -0.05) is 33.2 Å². The van der Waals surface area contributed by atoms with Crippen molar-refractivity contribution in [2.75, 3.05) is 0 Å². The van der Waals surface area contributed by atoms with E-state index < -0.39 is 0 Å². The molecule has 0 aliphatic rings. The Morgan fingerprint density at radius 1 is 1.33 bits per heavy atom. The van der Waals surface area contributed by atoms with Gasteiger partial charge in [-0.15, -0.1) is 0 Å². The van der Waals surface area contributed by atoms with Gasteiger partial charge in [-0.2, -0.15) is 4.98 Å². The monoisotopic (exact) mass is 309 g/mol. The van der Waals surface area contributed by atoms with Crippen LogP contribution in [0.5, 0.6) is 0 Å². The molecule has 1 heterocycles. The van der Waals surface area contributed by atoms with Crippen molar-refractivity contribution in [3.05, 3.63) is 46.0 Å². The Morgan fingerprint density at radius 3 is 2.67 bits per heavy atom. The van der Waals surface area contributed by atoms with Gasteiger partial charge in [0.05, 0.1) is 6.54 Å². The Kier molecular flexibility index (Phi) is 4.49. The summed E-state index contributed by atoms with van der Waals surface area (Å²) in [6.07, 6.45) is 0.976. The Morgan fingerprint density at radius 2 is 2.06 bits per heavy atom. The number of aryl methyl sites for hydroxylation is 1. The van der Waals surface area contributed by atoms with Crippen molar-refractivity contribution in [1.82, 2.24) is 15.5 Å². The molecule has 96 valence electrons. The van der Waals surface area contributed by atoms with Crippen LogP contribution >= 0.6 is 15.9 Å². The highest BCUT2D eigenvalue weighted by molar-refractivity contribution is 9.10. The molecule has 1 atom stereocenters. The van der Waals surface area contributed by atoms with Gasteiger partial charge in [0.2, 0.25) is 5.89 Å². The van der Waals surface area contributed by atoms with E-state index in [1.165, 1.54) is 5.56 Å². The van der Waals surface area contributed by atoms with Gasteiger partial charge < -0.3 is 9.84 Å². The highest BCUT2D eigenvalue weighted by atomic mass is 79.9. The van der Waals surface area contributed by atoms with Crippen molar-refractivity contribution >= 4 is 15.9 Å². The van der Waals surface area contributed by atoms with Crippen molar-refractivity contribution in [1.29, 1.82) is 0 Å². The summed E-state index contributed by atoms with van der Waals surface area (Å²) in [5, 5.41) is 7.23. The van der Waals surface area contributed by atoms with Gasteiger partial charge in [-0.05, 0) is 31.0 Å². The summed E-state index contributed by atoms with van der Waals surface area (Å²) >= 11 is 3.43. The molecule has 2 rings (SSSR count). The fourth-order valence-corrected chi connectivity index (χ4v) is 1.99. The summed E-state index contributed by atoms with van der Waals surface area (Å²) in [7, 11) is 0. The molecule has 0 saturated heterocycles. The standard InChI is InChI=1S/C13H16BrN3O/c1-9(7-11-3-5-12(14)6-4-11)15-8-13-16-10(2)18-17-13/h3-6,9,15H,7-8H2,1-2H3. The van der Waals surface area contributed by atoms with E-state index in [2.05, 4.69) is 62.6 Å². The average Bonchev–Trinajstić information content (AvgIpc) is 2.76. The first-order valence-electron chi connectivity index (χ1n) is 5.90. The van der Waals surface area contributed by atoms with Gasteiger partial charge in [0.1, 0.15) is 0 Å². The molecule has 0 radical (unpaired) electrons. The lowest BCUT2D eigenvalue weighted by Crippen LogP contribution is -2.28. The maximum absolute atomic E-state index is 4.92. The second-order valence-corrected chi connectivity index (χ2v) is 5.26. The number of halogens is 1. The van der Waals surface area contributed by atoms with Crippen LogP contribution in [0.15, 0.2) is 33.3 Å². The third kappa shape index (κ3) is 3.92. The van der Waals surface area contributed by atoms with E-state index in [0.29, 0.717) is 24.3 Å². The Balaban J connectivity index is 1.81. The van der Waals surface area contributed by atoms with E-state index in [9.17, 15) is 0 Å². The second kappa shape index (κ2) is 6.11. The Hall–Kier alpha value is -1.20. The molecule has 1 unspecified atom stereocenters. The summed E-state index contributed by atoms with van der Waals surface area (Å²) in [4.78, 5) is 4.15. The molecular formula is C13H16BrN3O. The molecule has 5 heteroatoms. The molecule has 1 aromatic heterocycles. The van der Waals surface area contributed by atoms with Crippen LogP contribution in [0.3, 0.4) is 0 Å². The minimum atomic E-state index is 0.366. The zero-order chi connectivity index (χ0) is 13.0. The minimum Gasteiger partial charge on any atom is -0.340 e. The topological polar surface area (TPSA) is 51.0 Å². The van der Waals surface area contributed by atoms with E-state index in [4.69, 9.17) is 4.52 Å². The van der Waals surface area contributed by atoms with Crippen LogP contribution in [0.25, 0.3) is 0 Å². The van der Waals surface area contributed by atoms with E-state index in [-0.39, 0.29) is 0 Å². The molecule has 18 heavy (non-hydrogen) atoms. The lowest BCUT2D eigenvalue weighted by molar-refractivity contribution is 0.383. The molecule has 1 aromatic carbocycles. The van der Waals surface area contributed by atoms with Crippen LogP contribution in [0.4, 0.5) is 0 Å². The molecule has 0 saturated carbocycles.